The highest BCUT2D eigenvalue weighted by Crippen LogP contribution is 2.22. The van der Waals surface area contributed by atoms with Crippen LogP contribution in [-0.4, -0.2) is 18.1 Å². The number of aliphatic hydroxyl groups excluding tert-OH is 1. The van der Waals surface area contributed by atoms with Crippen molar-refractivity contribution in [3.05, 3.63) is 65.2 Å². The van der Waals surface area contributed by atoms with E-state index in [2.05, 4.69) is 5.32 Å². The van der Waals surface area contributed by atoms with Gasteiger partial charge in [-0.05, 0) is 30.7 Å². The first-order chi connectivity index (χ1) is 10.9. The summed E-state index contributed by atoms with van der Waals surface area (Å²) in [4.78, 5) is 12.1. The van der Waals surface area contributed by atoms with Gasteiger partial charge in [-0.15, -0.1) is 0 Å². The van der Waals surface area contributed by atoms with Crippen molar-refractivity contribution in [3.8, 4) is 5.75 Å². The minimum Gasteiger partial charge on any atom is -0.497 e. The largest absolute Gasteiger partial charge is 0.497 e. The third-order valence-corrected chi connectivity index (χ3v) is 3.45. The van der Waals surface area contributed by atoms with E-state index >= 15 is 0 Å². The zero-order valence-corrected chi connectivity index (χ0v) is 12.7. The van der Waals surface area contributed by atoms with Crippen molar-refractivity contribution in [3.63, 3.8) is 0 Å². The van der Waals surface area contributed by atoms with Gasteiger partial charge in [-0.25, -0.2) is 8.78 Å². The Morgan fingerprint density at radius 1 is 1.22 bits per heavy atom. The molecule has 0 bridgehead atoms. The fourth-order valence-corrected chi connectivity index (χ4v) is 2.19. The quantitative estimate of drug-likeness (QED) is 0.890. The van der Waals surface area contributed by atoms with Crippen LogP contribution in [-0.2, 0) is 4.79 Å². The van der Waals surface area contributed by atoms with E-state index < -0.39 is 29.7 Å². The van der Waals surface area contributed by atoms with Crippen LogP contribution >= 0.6 is 0 Å². The van der Waals surface area contributed by atoms with Crippen molar-refractivity contribution in [1.29, 1.82) is 0 Å². The highest BCUT2D eigenvalue weighted by molar-refractivity contribution is 5.82. The molecule has 2 N–H and O–H groups in total. The lowest BCUT2D eigenvalue weighted by Crippen LogP contribution is -2.32. The van der Waals surface area contributed by atoms with Crippen LogP contribution in [0, 0.1) is 11.6 Å². The Balaban J connectivity index is 2.10. The van der Waals surface area contributed by atoms with Crippen molar-refractivity contribution in [1.82, 2.24) is 5.32 Å². The Bertz CT molecular complexity index is 706. The number of halogens is 2. The molecule has 23 heavy (non-hydrogen) atoms. The lowest BCUT2D eigenvalue weighted by Gasteiger charge is -2.18. The maximum Gasteiger partial charge on any atom is 0.253 e. The molecule has 2 atom stereocenters. The molecule has 0 aliphatic carbocycles. The van der Waals surface area contributed by atoms with E-state index in [1.54, 1.807) is 25.1 Å². The molecule has 2 rings (SSSR count). The van der Waals surface area contributed by atoms with Crippen molar-refractivity contribution in [2.75, 3.05) is 7.11 Å². The number of benzene rings is 2. The molecular weight excluding hydrogens is 304 g/mol. The van der Waals surface area contributed by atoms with Crippen LogP contribution < -0.4 is 10.1 Å². The average molecular weight is 321 g/mol. The molecule has 4 nitrogen and oxygen atoms in total. The summed E-state index contributed by atoms with van der Waals surface area (Å²) in [7, 11) is 1.48. The summed E-state index contributed by atoms with van der Waals surface area (Å²) in [6.07, 6.45) is -1.42. The van der Waals surface area contributed by atoms with Crippen molar-refractivity contribution in [2.45, 2.75) is 19.1 Å². The zero-order chi connectivity index (χ0) is 17.0. The molecule has 2 unspecified atom stereocenters. The summed E-state index contributed by atoms with van der Waals surface area (Å²) in [6.45, 7) is 1.55. The van der Waals surface area contributed by atoms with Crippen LogP contribution in [0.25, 0.3) is 0 Å². The lowest BCUT2D eigenvalue weighted by molar-refractivity contribution is -0.130. The summed E-state index contributed by atoms with van der Waals surface area (Å²) in [6, 6.07) is 8.84. The third-order valence-electron chi connectivity index (χ3n) is 3.45. The van der Waals surface area contributed by atoms with Crippen LogP contribution in [0.1, 0.15) is 30.2 Å². The van der Waals surface area contributed by atoms with E-state index in [0.29, 0.717) is 11.3 Å². The van der Waals surface area contributed by atoms with Gasteiger partial charge >= 0.3 is 0 Å². The van der Waals surface area contributed by atoms with E-state index in [0.717, 1.165) is 12.1 Å². The molecule has 122 valence electrons. The van der Waals surface area contributed by atoms with Crippen LogP contribution in [0.2, 0.25) is 0 Å². The van der Waals surface area contributed by atoms with Crippen LogP contribution in [0.4, 0.5) is 8.78 Å². The normalized spacial score (nSPS) is 13.3. The Kier molecular flexibility index (Phi) is 5.28. The molecule has 0 saturated heterocycles. The standard InChI is InChI=1S/C17H17F2NO3/c1-10(14-7-6-12(18)9-15(14)19)20-17(22)16(21)11-4-3-5-13(8-11)23-2/h3-10,16,21H,1-2H3,(H,20,22). The first-order valence-electron chi connectivity index (χ1n) is 6.99. The number of rotatable bonds is 5. The number of amides is 1. The molecule has 0 spiro atoms. The highest BCUT2D eigenvalue weighted by Gasteiger charge is 2.21. The van der Waals surface area contributed by atoms with Gasteiger partial charge in [-0.3, -0.25) is 4.79 Å². The van der Waals surface area contributed by atoms with Gasteiger partial charge in [0.2, 0.25) is 0 Å². The van der Waals surface area contributed by atoms with Crippen LogP contribution in [0.3, 0.4) is 0 Å². The lowest BCUT2D eigenvalue weighted by atomic mass is 10.1. The number of aliphatic hydroxyl groups is 1. The number of carbonyl (C=O) groups is 1. The van der Waals surface area contributed by atoms with Crippen molar-refractivity contribution >= 4 is 5.91 Å². The minimum absolute atomic E-state index is 0.137. The Morgan fingerprint density at radius 3 is 2.61 bits per heavy atom. The molecule has 2 aromatic rings. The van der Waals surface area contributed by atoms with E-state index in [4.69, 9.17) is 4.74 Å². The molecule has 2 aromatic carbocycles. The third kappa shape index (κ3) is 4.04. The molecular formula is C17H17F2NO3. The Labute approximate surface area is 132 Å². The monoisotopic (exact) mass is 321 g/mol. The maximum atomic E-state index is 13.7. The zero-order valence-electron chi connectivity index (χ0n) is 12.7. The van der Waals surface area contributed by atoms with Gasteiger partial charge in [-0.1, -0.05) is 18.2 Å². The number of hydrogen-bond donors (Lipinski definition) is 2. The molecule has 0 fully saturated rings. The second-order valence-corrected chi connectivity index (χ2v) is 5.08. The second kappa shape index (κ2) is 7.19. The SMILES string of the molecule is COc1cccc(C(O)C(=O)NC(C)c2ccc(F)cc2F)c1. The van der Waals surface area contributed by atoms with Gasteiger partial charge in [0.05, 0.1) is 13.2 Å². The Hall–Kier alpha value is -2.47. The molecule has 0 radical (unpaired) electrons. The molecule has 6 heteroatoms. The number of nitrogens with one attached hydrogen (secondary N) is 1. The molecule has 0 aliphatic heterocycles. The predicted molar refractivity (Wildman–Crippen MR) is 80.9 cm³/mol. The summed E-state index contributed by atoms with van der Waals surface area (Å²) >= 11 is 0. The van der Waals surface area contributed by atoms with Crippen LogP contribution in [0.5, 0.6) is 5.75 Å². The topological polar surface area (TPSA) is 58.6 Å². The van der Waals surface area contributed by atoms with Crippen molar-refractivity contribution in [2.24, 2.45) is 0 Å². The van der Waals surface area contributed by atoms with Gasteiger partial charge in [0.15, 0.2) is 6.10 Å². The number of carbonyl (C=O) groups excluding carboxylic acids is 1. The molecule has 0 heterocycles. The molecule has 0 aliphatic rings. The number of hydrogen-bond acceptors (Lipinski definition) is 3. The summed E-state index contributed by atoms with van der Waals surface area (Å²) < 4.78 is 31.7. The van der Waals surface area contributed by atoms with Gasteiger partial charge in [0.1, 0.15) is 17.4 Å². The number of ether oxygens (including phenoxy) is 1. The van der Waals surface area contributed by atoms with Crippen molar-refractivity contribution < 1.29 is 23.4 Å². The molecule has 0 saturated carbocycles. The summed E-state index contributed by atoms with van der Waals surface area (Å²) in [5, 5.41) is 12.6. The summed E-state index contributed by atoms with van der Waals surface area (Å²) in [5.74, 6) is -1.63. The highest BCUT2D eigenvalue weighted by atomic mass is 19.1. The fourth-order valence-electron chi connectivity index (χ4n) is 2.19. The maximum absolute atomic E-state index is 13.7. The van der Waals surface area contributed by atoms with Crippen LogP contribution in [0.15, 0.2) is 42.5 Å². The fraction of sp³-hybridized carbons (Fsp3) is 0.235. The first kappa shape index (κ1) is 16.9. The minimum atomic E-state index is -1.42. The average Bonchev–Trinajstić information content (AvgIpc) is 2.53. The first-order valence-corrected chi connectivity index (χ1v) is 6.99. The van der Waals surface area contributed by atoms with E-state index in [1.165, 1.54) is 19.2 Å². The summed E-state index contributed by atoms with van der Waals surface area (Å²) in [5.41, 5.74) is 0.492. The van der Waals surface area contributed by atoms with E-state index in [9.17, 15) is 18.7 Å². The van der Waals surface area contributed by atoms with Gasteiger partial charge in [0, 0.05) is 11.6 Å². The van der Waals surface area contributed by atoms with Gasteiger partial charge < -0.3 is 15.2 Å². The molecule has 0 aromatic heterocycles. The molecule has 1 amide bonds. The van der Waals surface area contributed by atoms with Gasteiger partial charge in [0.25, 0.3) is 5.91 Å². The second-order valence-electron chi connectivity index (χ2n) is 5.08. The van der Waals surface area contributed by atoms with Gasteiger partial charge in [-0.2, -0.15) is 0 Å². The van der Waals surface area contributed by atoms with E-state index in [1.807, 2.05) is 0 Å². The predicted octanol–water partition coefficient (Wildman–Crippen LogP) is 2.88. The van der Waals surface area contributed by atoms with E-state index in [-0.39, 0.29) is 5.56 Å². The number of methoxy groups -OCH3 is 1. The smallest absolute Gasteiger partial charge is 0.253 e. The Morgan fingerprint density at radius 2 is 1.96 bits per heavy atom.